The van der Waals surface area contributed by atoms with Crippen molar-refractivity contribution in [3.63, 3.8) is 0 Å². The van der Waals surface area contributed by atoms with Crippen molar-refractivity contribution in [2.24, 2.45) is 0 Å². The molecule has 1 aliphatic carbocycles. The maximum absolute atomic E-state index is 12.4. The summed E-state index contributed by atoms with van der Waals surface area (Å²) in [4.78, 5) is 7.80. The highest BCUT2D eigenvalue weighted by Crippen LogP contribution is 2.25. The number of fused-ring (bicyclic) bond motifs is 1. The van der Waals surface area contributed by atoms with Gasteiger partial charge >= 0.3 is 0 Å². The first-order valence-corrected chi connectivity index (χ1v) is 8.54. The maximum atomic E-state index is 12.4. The van der Waals surface area contributed by atoms with E-state index in [9.17, 15) is 8.42 Å². The molecule has 0 fully saturated rings. The third-order valence-electron chi connectivity index (χ3n) is 3.50. The average molecular weight is 324 g/mol. The van der Waals surface area contributed by atoms with E-state index in [1.165, 1.54) is 17.8 Å². The molecule has 3 rings (SSSR count). The molecule has 5 nitrogen and oxygen atoms in total. The maximum Gasteiger partial charge on any atom is 0.263 e. The smallest absolute Gasteiger partial charge is 0.263 e. The summed E-state index contributed by atoms with van der Waals surface area (Å²) in [6.07, 6.45) is 5.62. The van der Waals surface area contributed by atoms with Crippen LogP contribution in [-0.2, 0) is 22.9 Å². The summed E-state index contributed by atoms with van der Waals surface area (Å²) < 4.78 is 27.2. The van der Waals surface area contributed by atoms with E-state index in [4.69, 9.17) is 11.6 Å². The second-order valence-electron chi connectivity index (χ2n) is 4.95. The minimum Gasteiger partial charge on any atom is -0.263 e. The Balaban J connectivity index is 1.91. The topological polar surface area (TPSA) is 72.0 Å². The largest absolute Gasteiger partial charge is 0.263 e. The second-order valence-corrected chi connectivity index (χ2v) is 6.97. The number of rotatable bonds is 3. The fourth-order valence-electron chi connectivity index (χ4n) is 2.47. The summed E-state index contributed by atoms with van der Waals surface area (Å²) in [7, 11) is -3.66. The van der Waals surface area contributed by atoms with Gasteiger partial charge < -0.3 is 0 Å². The zero-order chi connectivity index (χ0) is 14.9. The Morgan fingerprint density at radius 3 is 2.62 bits per heavy atom. The Bertz CT molecular complexity index is 778. The standard InChI is InChI=1S/C14H14ClN3O2S/c15-14-16-8-7-13(17-14)18-21(19,20)12-6-5-10-3-1-2-4-11(10)9-12/h5-9H,1-4H2,(H,16,17,18). The molecule has 21 heavy (non-hydrogen) atoms. The van der Waals surface area contributed by atoms with Crippen molar-refractivity contribution in [2.45, 2.75) is 30.6 Å². The zero-order valence-corrected chi connectivity index (χ0v) is 12.8. The molecule has 1 aliphatic rings. The fraction of sp³-hybridized carbons (Fsp3) is 0.286. The van der Waals surface area contributed by atoms with E-state index in [0.29, 0.717) is 0 Å². The van der Waals surface area contributed by atoms with Gasteiger partial charge in [-0.2, -0.15) is 4.98 Å². The molecule has 0 amide bonds. The Morgan fingerprint density at radius 2 is 1.86 bits per heavy atom. The molecular weight excluding hydrogens is 310 g/mol. The van der Waals surface area contributed by atoms with Crippen LogP contribution in [0.2, 0.25) is 5.28 Å². The second kappa shape index (κ2) is 5.61. The highest BCUT2D eigenvalue weighted by Gasteiger charge is 2.18. The Labute approximate surface area is 128 Å². The van der Waals surface area contributed by atoms with Crippen LogP contribution in [0.3, 0.4) is 0 Å². The van der Waals surface area contributed by atoms with Gasteiger partial charge in [0, 0.05) is 6.20 Å². The summed E-state index contributed by atoms with van der Waals surface area (Å²) >= 11 is 5.66. The lowest BCUT2D eigenvalue weighted by Gasteiger charge is -2.16. The van der Waals surface area contributed by atoms with Crippen LogP contribution in [0, 0.1) is 0 Å². The molecule has 0 atom stereocenters. The van der Waals surface area contributed by atoms with Gasteiger partial charge in [0.05, 0.1) is 4.90 Å². The number of anilines is 1. The van der Waals surface area contributed by atoms with E-state index < -0.39 is 10.0 Å². The van der Waals surface area contributed by atoms with Gasteiger partial charge in [-0.1, -0.05) is 6.07 Å². The van der Waals surface area contributed by atoms with Crippen LogP contribution in [0.25, 0.3) is 0 Å². The molecule has 0 bridgehead atoms. The van der Waals surface area contributed by atoms with Crippen molar-refractivity contribution < 1.29 is 8.42 Å². The van der Waals surface area contributed by atoms with Crippen molar-refractivity contribution in [2.75, 3.05) is 4.72 Å². The molecule has 0 radical (unpaired) electrons. The van der Waals surface area contributed by atoms with Crippen LogP contribution in [0.5, 0.6) is 0 Å². The molecule has 0 saturated carbocycles. The van der Waals surface area contributed by atoms with E-state index >= 15 is 0 Å². The monoisotopic (exact) mass is 323 g/mol. The molecule has 1 N–H and O–H groups in total. The Kier molecular flexibility index (Phi) is 3.82. The van der Waals surface area contributed by atoms with Crippen LogP contribution in [0.15, 0.2) is 35.4 Å². The number of sulfonamides is 1. The number of aromatic nitrogens is 2. The van der Waals surface area contributed by atoms with Crippen LogP contribution in [0.4, 0.5) is 5.82 Å². The van der Waals surface area contributed by atoms with Gasteiger partial charge in [-0.25, -0.2) is 13.4 Å². The molecule has 0 aliphatic heterocycles. The van der Waals surface area contributed by atoms with Crippen LogP contribution in [0.1, 0.15) is 24.0 Å². The van der Waals surface area contributed by atoms with Crippen molar-refractivity contribution >= 4 is 27.4 Å². The van der Waals surface area contributed by atoms with Crippen LogP contribution in [-0.4, -0.2) is 18.4 Å². The lowest BCUT2D eigenvalue weighted by molar-refractivity contribution is 0.600. The number of aryl methyl sites for hydroxylation is 2. The molecule has 7 heteroatoms. The van der Waals surface area contributed by atoms with Gasteiger partial charge in [0.2, 0.25) is 5.28 Å². The molecule has 0 spiro atoms. The van der Waals surface area contributed by atoms with Gasteiger partial charge in [-0.3, -0.25) is 4.72 Å². The number of hydrogen-bond donors (Lipinski definition) is 1. The van der Waals surface area contributed by atoms with Gasteiger partial charge in [-0.15, -0.1) is 0 Å². The number of nitrogens with zero attached hydrogens (tertiary/aromatic N) is 2. The van der Waals surface area contributed by atoms with Crippen LogP contribution < -0.4 is 4.72 Å². The number of hydrogen-bond acceptors (Lipinski definition) is 4. The zero-order valence-electron chi connectivity index (χ0n) is 11.2. The first kappa shape index (κ1) is 14.3. The molecule has 1 heterocycles. The highest BCUT2D eigenvalue weighted by atomic mass is 35.5. The van der Waals surface area contributed by atoms with Crippen molar-refractivity contribution in [1.82, 2.24) is 9.97 Å². The predicted molar refractivity (Wildman–Crippen MR) is 80.9 cm³/mol. The lowest BCUT2D eigenvalue weighted by atomic mass is 9.92. The molecule has 1 aromatic carbocycles. The van der Waals surface area contributed by atoms with E-state index in [1.807, 2.05) is 6.07 Å². The highest BCUT2D eigenvalue weighted by molar-refractivity contribution is 7.92. The van der Waals surface area contributed by atoms with Crippen molar-refractivity contribution in [1.29, 1.82) is 0 Å². The first-order chi connectivity index (χ1) is 10.0. The summed E-state index contributed by atoms with van der Waals surface area (Å²) in [5, 5.41) is 0.000593. The van der Waals surface area contributed by atoms with Gasteiger partial charge in [-0.05, 0) is 66.6 Å². The van der Waals surface area contributed by atoms with E-state index in [-0.39, 0.29) is 16.0 Å². The molecule has 2 aromatic rings. The average Bonchev–Trinajstić information content (AvgIpc) is 2.46. The lowest BCUT2D eigenvalue weighted by Crippen LogP contribution is -2.15. The number of nitrogens with one attached hydrogen (secondary N) is 1. The predicted octanol–water partition coefficient (Wildman–Crippen LogP) is 2.81. The molecular formula is C14H14ClN3O2S. The summed E-state index contributed by atoms with van der Waals surface area (Å²) in [5.41, 5.74) is 2.36. The van der Waals surface area contributed by atoms with Crippen LogP contribution >= 0.6 is 11.6 Å². The first-order valence-electron chi connectivity index (χ1n) is 6.68. The Morgan fingerprint density at radius 1 is 1.10 bits per heavy atom. The summed E-state index contributed by atoms with van der Waals surface area (Å²) in [6.45, 7) is 0. The van der Waals surface area contributed by atoms with E-state index in [1.54, 1.807) is 12.1 Å². The SMILES string of the molecule is O=S(=O)(Nc1ccnc(Cl)n1)c1ccc2c(c1)CCCC2. The number of benzene rings is 1. The van der Waals surface area contributed by atoms with Gasteiger partial charge in [0.25, 0.3) is 10.0 Å². The van der Waals surface area contributed by atoms with Crippen molar-refractivity contribution in [3.05, 3.63) is 46.9 Å². The van der Waals surface area contributed by atoms with Gasteiger partial charge in [0.15, 0.2) is 0 Å². The quantitative estimate of drug-likeness (QED) is 0.882. The Hall–Kier alpha value is -1.66. The van der Waals surface area contributed by atoms with Gasteiger partial charge in [0.1, 0.15) is 5.82 Å². The van der Waals surface area contributed by atoms with Crippen molar-refractivity contribution in [3.8, 4) is 0 Å². The fourth-order valence-corrected chi connectivity index (χ4v) is 3.66. The molecule has 0 unspecified atom stereocenters. The third-order valence-corrected chi connectivity index (χ3v) is 5.03. The summed E-state index contributed by atoms with van der Waals surface area (Å²) in [6, 6.07) is 6.74. The third kappa shape index (κ3) is 3.16. The molecule has 1 aromatic heterocycles. The normalized spacial score (nSPS) is 14.5. The summed E-state index contributed by atoms with van der Waals surface area (Å²) in [5.74, 6) is 0.160. The number of halogens is 1. The minimum absolute atomic E-state index is 0.000593. The van der Waals surface area contributed by atoms with E-state index in [0.717, 1.165) is 31.2 Å². The molecule has 0 saturated heterocycles. The minimum atomic E-state index is -3.66. The van der Waals surface area contributed by atoms with E-state index in [2.05, 4.69) is 14.7 Å². The molecule has 110 valence electrons.